The second-order valence-corrected chi connectivity index (χ2v) is 6.58. The molecule has 0 radical (unpaired) electrons. The predicted octanol–water partition coefficient (Wildman–Crippen LogP) is 2.52. The molecule has 1 heterocycles. The Kier molecular flexibility index (Phi) is 4.74. The first kappa shape index (κ1) is 15.0. The van der Waals surface area contributed by atoms with Gasteiger partial charge in [-0.25, -0.2) is 0 Å². The lowest BCUT2D eigenvalue weighted by atomic mass is 10.3. The summed E-state index contributed by atoms with van der Waals surface area (Å²) in [5, 5.41) is 2.81. The van der Waals surface area contributed by atoms with E-state index in [4.69, 9.17) is 4.42 Å². The van der Waals surface area contributed by atoms with Crippen molar-refractivity contribution in [1.82, 2.24) is 5.32 Å². The lowest BCUT2D eigenvalue weighted by Crippen LogP contribution is -2.12. The summed E-state index contributed by atoms with van der Waals surface area (Å²) in [7, 11) is -1.92. The van der Waals surface area contributed by atoms with Crippen molar-refractivity contribution in [2.24, 2.45) is 0 Å². The Morgan fingerprint density at radius 1 is 1.15 bits per heavy atom. The maximum absolute atomic E-state index is 12.1. The fourth-order valence-corrected chi connectivity index (χ4v) is 3.06. The third kappa shape index (κ3) is 3.56. The average molecular weight is 312 g/mol. The topological polar surface area (TPSA) is 71.3 Å². The van der Waals surface area contributed by atoms with E-state index in [9.17, 15) is 8.42 Å². The number of anilines is 1. The van der Waals surface area contributed by atoms with Gasteiger partial charge in [-0.1, -0.05) is 0 Å². The van der Waals surface area contributed by atoms with Crippen LogP contribution in [-0.2, 0) is 16.6 Å². The van der Waals surface area contributed by atoms with Crippen LogP contribution in [0.2, 0.25) is 0 Å². The first-order chi connectivity index (χ1) is 9.55. The number of sulfonamides is 1. The molecule has 0 aliphatic carbocycles. The molecular weight excluding hydrogens is 296 g/mol. The zero-order valence-electron chi connectivity index (χ0n) is 11.2. The van der Waals surface area contributed by atoms with E-state index in [0.717, 1.165) is 4.90 Å². The summed E-state index contributed by atoms with van der Waals surface area (Å²) in [6.45, 7) is 0.484. The predicted molar refractivity (Wildman–Crippen MR) is 80.5 cm³/mol. The third-order valence-electron chi connectivity index (χ3n) is 2.60. The van der Waals surface area contributed by atoms with Gasteiger partial charge in [-0.3, -0.25) is 4.72 Å². The van der Waals surface area contributed by atoms with Crippen LogP contribution in [0.5, 0.6) is 0 Å². The molecule has 20 heavy (non-hydrogen) atoms. The quantitative estimate of drug-likeness (QED) is 0.802. The molecular formula is C13H16N2O3S2. The average Bonchev–Trinajstić information content (AvgIpc) is 2.89. The fourth-order valence-electron chi connectivity index (χ4n) is 1.64. The molecule has 7 heteroatoms. The lowest BCUT2D eigenvalue weighted by molar-refractivity contribution is 0.408. The van der Waals surface area contributed by atoms with Crippen LogP contribution in [0, 0.1) is 0 Å². The first-order valence-electron chi connectivity index (χ1n) is 5.95. The second kappa shape index (κ2) is 6.34. The summed E-state index contributed by atoms with van der Waals surface area (Å²) in [4.78, 5) is 1.07. The van der Waals surface area contributed by atoms with E-state index in [1.807, 2.05) is 18.4 Å². The number of nitrogens with one attached hydrogen (secondary N) is 2. The van der Waals surface area contributed by atoms with Crippen LogP contribution < -0.4 is 10.0 Å². The molecule has 108 valence electrons. The van der Waals surface area contributed by atoms with Crippen molar-refractivity contribution in [2.45, 2.75) is 16.5 Å². The molecule has 1 aromatic carbocycles. The van der Waals surface area contributed by atoms with Crippen LogP contribution >= 0.6 is 11.8 Å². The standard InChI is InChI=1S/C13H16N2O3S2/c1-14-9-11-5-8-13(18-11)20(16,17)15-10-3-6-12(19-2)7-4-10/h3-8,14-15H,9H2,1-2H3. The molecule has 0 unspecified atom stereocenters. The van der Waals surface area contributed by atoms with Gasteiger partial charge in [0.15, 0.2) is 0 Å². The van der Waals surface area contributed by atoms with Crippen molar-refractivity contribution in [3.05, 3.63) is 42.2 Å². The smallest absolute Gasteiger partial charge is 0.295 e. The summed E-state index contributed by atoms with van der Waals surface area (Å²) >= 11 is 1.60. The SMILES string of the molecule is CNCc1ccc(S(=O)(=O)Nc2ccc(SC)cc2)o1. The molecule has 0 amide bonds. The number of furan rings is 1. The third-order valence-corrected chi connectivity index (χ3v) is 4.59. The van der Waals surface area contributed by atoms with E-state index in [0.29, 0.717) is 18.0 Å². The Balaban J connectivity index is 2.16. The minimum Gasteiger partial charge on any atom is -0.446 e. The molecule has 2 rings (SSSR count). The Morgan fingerprint density at radius 3 is 2.45 bits per heavy atom. The van der Waals surface area contributed by atoms with E-state index in [2.05, 4.69) is 10.0 Å². The lowest BCUT2D eigenvalue weighted by Gasteiger charge is -2.06. The van der Waals surface area contributed by atoms with Crippen LogP contribution in [0.3, 0.4) is 0 Å². The van der Waals surface area contributed by atoms with Crippen molar-refractivity contribution in [1.29, 1.82) is 0 Å². The summed E-state index contributed by atoms with van der Waals surface area (Å²) in [5.41, 5.74) is 0.509. The Morgan fingerprint density at radius 2 is 1.85 bits per heavy atom. The molecule has 1 aromatic heterocycles. The molecule has 0 spiro atoms. The van der Waals surface area contributed by atoms with Gasteiger partial charge >= 0.3 is 0 Å². The van der Waals surface area contributed by atoms with E-state index in [1.54, 1.807) is 37.0 Å². The molecule has 0 saturated carbocycles. The normalized spacial score (nSPS) is 11.5. The zero-order chi connectivity index (χ0) is 14.6. The number of thioether (sulfide) groups is 1. The van der Waals surface area contributed by atoms with Gasteiger partial charge < -0.3 is 9.73 Å². The van der Waals surface area contributed by atoms with Crippen LogP contribution in [0.25, 0.3) is 0 Å². The second-order valence-electron chi connectivity index (χ2n) is 4.09. The van der Waals surface area contributed by atoms with Gasteiger partial charge in [0.05, 0.1) is 6.54 Å². The molecule has 0 fully saturated rings. The Bertz CT molecular complexity index is 663. The Hall–Kier alpha value is -1.44. The minimum absolute atomic E-state index is 0.0864. The van der Waals surface area contributed by atoms with Gasteiger partial charge in [0.25, 0.3) is 10.0 Å². The number of hydrogen-bond acceptors (Lipinski definition) is 5. The maximum Gasteiger partial charge on any atom is 0.295 e. The van der Waals surface area contributed by atoms with Crippen LogP contribution in [-0.4, -0.2) is 21.7 Å². The molecule has 0 aliphatic heterocycles. The number of hydrogen-bond donors (Lipinski definition) is 2. The molecule has 2 aromatic rings. The van der Waals surface area contributed by atoms with Gasteiger partial charge in [0, 0.05) is 10.6 Å². The van der Waals surface area contributed by atoms with Crippen molar-refractivity contribution in [3.8, 4) is 0 Å². The molecule has 0 saturated heterocycles. The highest BCUT2D eigenvalue weighted by Crippen LogP contribution is 2.21. The van der Waals surface area contributed by atoms with Gasteiger partial charge in [0.2, 0.25) is 5.09 Å². The van der Waals surface area contributed by atoms with E-state index in [1.165, 1.54) is 6.07 Å². The van der Waals surface area contributed by atoms with Crippen molar-refractivity contribution in [3.63, 3.8) is 0 Å². The van der Waals surface area contributed by atoms with Gasteiger partial charge in [0.1, 0.15) is 5.76 Å². The monoisotopic (exact) mass is 312 g/mol. The van der Waals surface area contributed by atoms with E-state index < -0.39 is 10.0 Å². The molecule has 5 nitrogen and oxygen atoms in total. The maximum atomic E-state index is 12.1. The van der Waals surface area contributed by atoms with Crippen LogP contribution in [0.4, 0.5) is 5.69 Å². The molecule has 2 N–H and O–H groups in total. The van der Waals surface area contributed by atoms with E-state index in [-0.39, 0.29) is 5.09 Å². The highest BCUT2D eigenvalue weighted by molar-refractivity contribution is 7.98. The highest BCUT2D eigenvalue weighted by Gasteiger charge is 2.18. The van der Waals surface area contributed by atoms with Gasteiger partial charge in [-0.15, -0.1) is 11.8 Å². The largest absolute Gasteiger partial charge is 0.446 e. The summed E-state index contributed by atoms with van der Waals surface area (Å²) in [6.07, 6.45) is 1.96. The zero-order valence-corrected chi connectivity index (χ0v) is 12.8. The molecule has 0 bridgehead atoms. The summed E-state index contributed by atoms with van der Waals surface area (Å²) in [6, 6.07) is 10.3. The number of benzene rings is 1. The first-order valence-corrected chi connectivity index (χ1v) is 8.66. The van der Waals surface area contributed by atoms with Crippen LogP contribution in [0.1, 0.15) is 5.76 Å². The molecule has 0 atom stereocenters. The summed E-state index contributed by atoms with van der Waals surface area (Å²) in [5.74, 6) is 0.575. The fraction of sp³-hybridized carbons (Fsp3) is 0.231. The van der Waals surface area contributed by atoms with Gasteiger partial charge in [-0.2, -0.15) is 8.42 Å². The van der Waals surface area contributed by atoms with E-state index >= 15 is 0 Å². The number of rotatable bonds is 6. The minimum atomic E-state index is -3.68. The van der Waals surface area contributed by atoms with Crippen molar-refractivity contribution in [2.75, 3.05) is 18.0 Å². The van der Waals surface area contributed by atoms with Crippen LogP contribution in [0.15, 0.2) is 50.8 Å². The van der Waals surface area contributed by atoms with Gasteiger partial charge in [-0.05, 0) is 49.7 Å². The molecule has 0 aliphatic rings. The van der Waals surface area contributed by atoms with Crippen molar-refractivity contribution < 1.29 is 12.8 Å². The highest BCUT2D eigenvalue weighted by atomic mass is 32.2. The summed E-state index contributed by atoms with van der Waals surface area (Å²) < 4.78 is 32.1. The Labute approximate surface area is 122 Å². The van der Waals surface area contributed by atoms with Crippen molar-refractivity contribution >= 4 is 27.5 Å².